The zero-order chi connectivity index (χ0) is 10.2. The molecule has 1 unspecified atom stereocenters. The molecule has 0 radical (unpaired) electrons. The zero-order valence-electron chi connectivity index (χ0n) is 9.25. The van der Waals surface area contributed by atoms with Crippen LogP contribution in [-0.4, -0.2) is 12.6 Å². The summed E-state index contributed by atoms with van der Waals surface area (Å²) in [6, 6.07) is 5.07. The van der Waals surface area contributed by atoms with Crippen molar-refractivity contribution in [1.29, 1.82) is 0 Å². The molecule has 0 saturated carbocycles. The number of thiophene rings is 1. The molecule has 0 aliphatic heterocycles. The van der Waals surface area contributed by atoms with Gasteiger partial charge in [0.1, 0.15) is 0 Å². The maximum Gasteiger partial charge on any atom is 0.00644 e. The van der Waals surface area contributed by atoms with E-state index in [9.17, 15) is 0 Å². The summed E-state index contributed by atoms with van der Waals surface area (Å²) in [5.74, 6) is 0. The lowest BCUT2D eigenvalue weighted by atomic mass is 10.1. The Labute approximate surface area is 91.5 Å². The third-order valence-corrected chi connectivity index (χ3v) is 3.45. The number of hydrogen-bond donors (Lipinski definition) is 1. The summed E-state index contributed by atoms with van der Waals surface area (Å²) in [5.41, 5.74) is 0. The third kappa shape index (κ3) is 4.25. The van der Waals surface area contributed by atoms with Crippen molar-refractivity contribution < 1.29 is 0 Å². The van der Waals surface area contributed by atoms with Crippen LogP contribution in [0.4, 0.5) is 0 Å². The SMILES string of the molecule is CCCC(CC)NCCc1cccs1. The van der Waals surface area contributed by atoms with Gasteiger partial charge in [0.15, 0.2) is 0 Å². The van der Waals surface area contributed by atoms with E-state index in [0.29, 0.717) is 0 Å². The normalized spacial score (nSPS) is 13.0. The lowest BCUT2D eigenvalue weighted by molar-refractivity contribution is 0.467. The Bertz CT molecular complexity index is 218. The van der Waals surface area contributed by atoms with Gasteiger partial charge in [-0.2, -0.15) is 0 Å². The first-order chi connectivity index (χ1) is 6.86. The van der Waals surface area contributed by atoms with Crippen molar-refractivity contribution in [3.8, 4) is 0 Å². The molecule has 80 valence electrons. The van der Waals surface area contributed by atoms with Crippen molar-refractivity contribution in [3.63, 3.8) is 0 Å². The molecular weight excluding hydrogens is 190 g/mol. The summed E-state index contributed by atoms with van der Waals surface area (Å²) in [6.07, 6.45) is 5.02. The second-order valence-corrected chi connectivity index (χ2v) is 4.71. The van der Waals surface area contributed by atoms with Crippen molar-refractivity contribution in [3.05, 3.63) is 22.4 Å². The molecule has 1 aromatic rings. The van der Waals surface area contributed by atoms with Crippen LogP contribution in [0.2, 0.25) is 0 Å². The average molecular weight is 211 g/mol. The second-order valence-electron chi connectivity index (χ2n) is 3.68. The molecule has 0 bridgehead atoms. The minimum Gasteiger partial charge on any atom is -0.314 e. The van der Waals surface area contributed by atoms with Crippen LogP contribution in [0.3, 0.4) is 0 Å². The molecule has 0 aliphatic carbocycles. The molecule has 14 heavy (non-hydrogen) atoms. The maximum atomic E-state index is 3.62. The van der Waals surface area contributed by atoms with E-state index >= 15 is 0 Å². The maximum absolute atomic E-state index is 3.62. The Hall–Kier alpha value is -0.340. The van der Waals surface area contributed by atoms with Crippen molar-refractivity contribution in [2.45, 2.75) is 45.6 Å². The molecule has 2 heteroatoms. The Morgan fingerprint density at radius 1 is 1.43 bits per heavy atom. The second kappa shape index (κ2) is 7.02. The van der Waals surface area contributed by atoms with Crippen LogP contribution in [0.1, 0.15) is 38.0 Å². The molecule has 1 N–H and O–H groups in total. The van der Waals surface area contributed by atoms with Crippen LogP contribution in [0.15, 0.2) is 17.5 Å². The van der Waals surface area contributed by atoms with Gasteiger partial charge in [0, 0.05) is 17.5 Å². The van der Waals surface area contributed by atoms with Gasteiger partial charge in [-0.05, 0) is 30.7 Å². The van der Waals surface area contributed by atoms with E-state index in [0.717, 1.165) is 12.6 Å². The standard InChI is InChI=1S/C12H21NS/c1-3-6-11(4-2)13-9-8-12-7-5-10-14-12/h5,7,10-11,13H,3-4,6,8-9H2,1-2H3. The van der Waals surface area contributed by atoms with Crippen molar-refractivity contribution >= 4 is 11.3 Å². The number of hydrogen-bond acceptors (Lipinski definition) is 2. The lowest BCUT2D eigenvalue weighted by Gasteiger charge is -2.15. The summed E-state index contributed by atoms with van der Waals surface area (Å²) in [6.45, 7) is 5.64. The van der Waals surface area contributed by atoms with E-state index in [-0.39, 0.29) is 0 Å². The van der Waals surface area contributed by atoms with Crippen molar-refractivity contribution in [2.24, 2.45) is 0 Å². The Morgan fingerprint density at radius 3 is 2.86 bits per heavy atom. The fourth-order valence-corrected chi connectivity index (χ4v) is 2.36. The van der Waals surface area contributed by atoms with Gasteiger partial charge in [0.05, 0.1) is 0 Å². The van der Waals surface area contributed by atoms with Gasteiger partial charge in [-0.3, -0.25) is 0 Å². The van der Waals surface area contributed by atoms with Crippen LogP contribution in [0, 0.1) is 0 Å². The zero-order valence-corrected chi connectivity index (χ0v) is 10.1. The van der Waals surface area contributed by atoms with E-state index in [1.165, 1.54) is 30.6 Å². The van der Waals surface area contributed by atoms with Crippen molar-refractivity contribution in [1.82, 2.24) is 5.32 Å². The van der Waals surface area contributed by atoms with Gasteiger partial charge >= 0.3 is 0 Å². The predicted molar refractivity (Wildman–Crippen MR) is 65.0 cm³/mol. The molecule has 1 atom stereocenters. The molecule has 0 saturated heterocycles. The highest BCUT2D eigenvalue weighted by molar-refractivity contribution is 7.09. The topological polar surface area (TPSA) is 12.0 Å². The molecule has 0 aromatic carbocycles. The van der Waals surface area contributed by atoms with Crippen LogP contribution >= 0.6 is 11.3 Å². The minimum atomic E-state index is 0.722. The monoisotopic (exact) mass is 211 g/mol. The van der Waals surface area contributed by atoms with Crippen LogP contribution in [-0.2, 0) is 6.42 Å². The molecule has 0 aliphatic rings. The minimum absolute atomic E-state index is 0.722. The average Bonchev–Trinajstić information content (AvgIpc) is 2.69. The highest BCUT2D eigenvalue weighted by Crippen LogP contribution is 2.08. The van der Waals surface area contributed by atoms with Gasteiger partial charge in [0.2, 0.25) is 0 Å². The van der Waals surface area contributed by atoms with Gasteiger partial charge < -0.3 is 5.32 Å². The quantitative estimate of drug-likeness (QED) is 0.728. The predicted octanol–water partition coefficient (Wildman–Crippen LogP) is 3.46. The molecule has 1 aromatic heterocycles. The fourth-order valence-electron chi connectivity index (χ4n) is 1.65. The number of rotatable bonds is 7. The molecule has 0 fully saturated rings. The summed E-state index contributed by atoms with van der Waals surface area (Å²) in [7, 11) is 0. The van der Waals surface area contributed by atoms with Gasteiger partial charge in [-0.15, -0.1) is 11.3 Å². The van der Waals surface area contributed by atoms with Gasteiger partial charge in [-0.1, -0.05) is 26.3 Å². The molecule has 1 rings (SSSR count). The summed E-state index contributed by atoms with van der Waals surface area (Å²) in [4.78, 5) is 1.49. The summed E-state index contributed by atoms with van der Waals surface area (Å²) in [5, 5.41) is 5.77. The molecule has 1 nitrogen and oxygen atoms in total. The first-order valence-corrected chi connectivity index (χ1v) is 6.50. The third-order valence-electron chi connectivity index (χ3n) is 2.51. The van der Waals surface area contributed by atoms with Crippen LogP contribution in [0.5, 0.6) is 0 Å². The number of nitrogens with one attached hydrogen (secondary N) is 1. The van der Waals surface area contributed by atoms with E-state index in [1.54, 1.807) is 0 Å². The van der Waals surface area contributed by atoms with E-state index < -0.39 is 0 Å². The van der Waals surface area contributed by atoms with Gasteiger partial charge in [0.25, 0.3) is 0 Å². The smallest absolute Gasteiger partial charge is 0.00644 e. The molecule has 1 heterocycles. The largest absolute Gasteiger partial charge is 0.314 e. The molecule has 0 spiro atoms. The Kier molecular flexibility index (Phi) is 5.88. The highest BCUT2D eigenvalue weighted by atomic mass is 32.1. The van der Waals surface area contributed by atoms with E-state index in [2.05, 4.69) is 36.7 Å². The highest BCUT2D eigenvalue weighted by Gasteiger charge is 2.03. The van der Waals surface area contributed by atoms with Crippen LogP contribution < -0.4 is 5.32 Å². The lowest BCUT2D eigenvalue weighted by Crippen LogP contribution is -2.29. The van der Waals surface area contributed by atoms with E-state index in [1.807, 2.05) is 11.3 Å². The fraction of sp³-hybridized carbons (Fsp3) is 0.667. The summed E-state index contributed by atoms with van der Waals surface area (Å²) < 4.78 is 0. The Morgan fingerprint density at radius 2 is 2.29 bits per heavy atom. The Balaban J connectivity index is 2.13. The van der Waals surface area contributed by atoms with Gasteiger partial charge in [-0.25, -0.2) is 0 Å². The molecular formula is C12H21NS. The summed E-state index contributed by atoms with van der Waals surface area (Å²) >= 11 is 1.86. The first-order valence-electron chi connectivity index (χ1n) is 5.62. The van der Waals surface area contributed by atoms with Crippen molar-refractivity contribution in [2.75, 3.05) is 6.54 Å². The van der Waals surface area contributed by atoms with Crippen LogP contribution in [0.25, 0.3) is 0 Å². The first kappa shape index (κ1) is 11.7. The molecule has 0 amide bonds. The van der Waals surface area contributed by atoms with E-state index in [4.69, 9.17) is 0 Å².